The second-order valence-electron chi connectivity index (χ2n) is 11.7. The predicted molar refractivity (Wildman–Crippen MR) is 154 cm³/mol. The van der Waals surface area contributed by atoms with Crippen molar-refractivity contribution in [1.29, 1.82) is 0 Å². The Morgan fingerprint density at radius 1 is 0.949 bits per heavy atom. The molecule has 2 aromatic carbocycles. The molecule has 1 atom stereocenters. The number of hydrogen-bond donors (Lipinski definition) is 1. The van der Waals surface area contributed by atoms with Gasteiger partial charge in [0.1, 0.15) is 17.6 Å². The lowest BCUT2D eigenvalue weighted by Crippen LogP contribution is -2.52. The SMILES string of the molecule is Cc1ccc(C2C3=C(CC(C)(C)CC3=O)Nc3ccccc3N2CC(=O)N2CCN(c3ccccc3)CC2)o1. The molecule has 202 valence electrons. The van der Waals surface area contributed by atoms with Gasteiger partial charge in [0.25, 0.3) is 0 Å². The number of aryl methyl sites for hydroxylation is 1. The van der Waals surface area contributed by atoms with Gasteiger partial charge in [0.2, 0.25) is 5.91 Å². The van der Waals surface area contributed by atoms with Gasteiger partial charge in [0.15, 0.2) is 5.78 Å². The van der Waals surface area contributed by atoms with Crippen molar-refractivity contribution in [3.05, 3.63) is 89.5 Å². The fourth-order valence-electron chi connectivity index (χ4n) is 6.22. The predicted octanol–water partition coefficient (Wildman–Crippen LogP) is 5.55. The maximum Gasteiger partial charge on any atom is 0.242 e. The van der Waals surface area contributed by atoms with Gasteiger partial charge in [-0.05, 0) is 55.2 Å². The lowest BCUT2D eigenvalue weighted by atomic mass is 9.74. The van der Waals surface area contributed by atoms with Crippen molar-refractivity contribution in [2.45, 2.75) is 39.7 Å². The van der Waals surface area contributed by atoms with Crippen LogP contribution in [0.15, 0.2) is 82.4 Å². The number of fused-ring (bicyclic) bond motifs is 1. The first-order valence-corrected chi connectivity index (χ1v) is 13.8. The number of nitrogens with zero attached hydrogens (tertiary/aromatic N) is 3. The Hall–Kier alpha value is -4.00. The zero-order valence-electron chi connectivity index (χ0n) is 22.9. The third kappa shape index (κ3) is 4.93. The molecule has 39 heavy (non-hydrogen) atoms. The van der Waals surface area contributed by atoms with E-state index in [0.29, 0.717) is 30.8 Å². The van der Waals surface area contributed by atoms with Crippen LogP contribution in [-0.4, -0.2) is 49.3 Å². The van der Waals surface area contributed by atoms with Crippen LogP contribution in [0.4, 0.5) is 17.1 Å². The highest BCUT2D eigenvalue weighted by Gasteiger charge is 2.43. The van der Waals surface area contributed by atoms with Gasteiger partial charge < -0.3 is 24.4 Å². The fraction of sp³-hybridized carbons (Fsp3) is 0.375. The molecule has 0 saturated carbocycles. The topological polar surface area (TPSA) is 69.0 Å². The van der Waals surface area contributed by atoms with Gasteiger partial charge in [-0.2, -0.15) is 0 Å². The number of para-hydroxylation sites is 3. The molecule has 2 aliphatic heterocycles. The maximum absolute atomic E-state index is 13.9. The van der Waals surface area contributed by atoms with E-state index >= 15 is 0 Å². The third-order valence-corrected chi connectivity index (χ3v) is 8.09. The zero-order valence-corrected chi connectivity index (χ0v) is 22.9. The third-order valence-electron chi connectivity index (χ3n) is 8.09. The summed E-state index contributed by atoms with van der Waals surface area (Å²) in [6, 6.07) is 21.8. The van der Waals surface area contributed by atoms with Crippen LogP contribution >= 0.6 is 0 Å². The Balaban J connectivity index is 1.34. The first-order valence-electron chi connectivity index (χ1n) is 13.8. The van der Waals surface area contributed by atoms with E-state index < -0.39 is 6.04 Å². The number of benzene rings is 2. The number of Topliss-reactive ketones (excluding diaryl/α,β-unsaturated/α-hetero) is 1. The minimum Gasteiger partial charge on any atom is -0.464 e. The van der Waals surface area contributed by atoms with Crippen molar-refractivity contribution in [3.63, 3.8) is 0 Å². The van der Waals surface area contributed by atoms with Crippen molar-refractivity contribution < 1.29 is 14.0 Å². The van der Waals surface area contributed by atoms with Crippen molar-refractivity contribution in [2.24, 2.45) is 5.41 Å². The number of hydrogen-bond acceptors (Lipinski definition) is 6. The molecule has 6 rings (SSSR count). The van der Waals surface area contributed by atoms with E-state index in [9.17, 15) is 9.59 Å². The average Bonchev–Trinajstić information content (AvgIpc) is 3.30. The van der Waals surface area contributed by atoms with Gasteiger partial charge in [0, 0.05) is 49.6 Å². The second kappa shape index (κ2) is 9.95. The summed E-state index contributed by atoms with van der Waals surface area (Å²) >= 11 is 0. The quantitative estimate of drug-likeness (QED) is 0.483. The highest BCUT2D eigenvalue weighted by Crippen LogP contribution is 2.48. The Kier molecular flexibility index (Phi) is 6.45. The Labute approximate surface area is 230 Å². The van der Waals surface area contributed by atoms with Crippen LogP contribution in [0.25, 0.3) is 0 Å². The molecule has 7 nitrogen and oxygen atoms in total. The summed E-state index contributed by atoms with van der Waals surface area (Å²) in [5, 5.41) is 3.60. The van der Waals surface area contributed by atoms with E-state index in [1.807, 2.05) is 66.4 Å². The molecule has 3 heterocycles. The van der Waals surface area contributed by atoms with Crippen molar-refractivity contribution in [3.8, 4) is 0 Å². The van der Waals surface area contributed by atoms with Crippen molar-refractivity contribution in [1.82, 2.24) is 4.90 Å². The molecule has 1 aliphatic carbocycles. The summed E-state index contributed by atoms with van der Waals surface area (Å²) < 4.78 is 6.18. The number of carbonyl (C=O) groups excluding carboxylic acids is 2. The smallest absolute Gasteiger partial charge is 0.242 e. The van der Waals surface area contributed by atoms with Crippen LogP contribution in [0, 0.1) is 12.3 Å². The first-order chi connectivity index (χ1) is 18.8. The molecular weight excluding hydrogens is 488 g/mol. The van der Waals surface area contributed by atoms with Crippen LogP contribution < -0.4 is 15.1 Å². The molecule has 3 aromatic rings. The summed E-state index contributed by atoms with van der Waals surface area (Å²) in [5.41, 5.74) is 4.47. The number of carbonyl (C=O) groups is 2. The molecule has 3 aliphatic rings. The molecular formula is C32H36N4O3. The van der Waals surface area contributed by atoms with Crippen LogP contribution in [-0.2, 0) is 9.59 Å². The van der Waals surface area contributed by atoms with E-state index in [1.54, 1.807) is 0 Å². The van der Waals surface area contributed by atoms with E-state index in [0.717, 1.165) is 42.3 Å². The molecule has 0 spiro atoms. The molecule has 1 N–H and O–H groups in total. The summed E-state index contributed by atoms with van der Waals surface area (Å²) in [6.07, 6.45) is 1.21. The highest BCUT2D eigenvalue weighted by atomic mass is 16.3. The highest BCUT2D eigenvalue weighted by molar-refractivity contribution is 6.01. The lowest BCUT2D eigenvalue weighted by Gasteiger charge is -2.39. The Bertz CT molecular complexity index is 1420. The Morgan fingerprint density at radius 2 is 1.67 bits per heavy atom. The number of anilines is 3. The molecule has 0 bridgehead atoms. The minimum absolute atomic E-state index is 0.0541. The normalized spacial score (nSPS) is 20.7. The van der Waals surface area contributed by atoms with Crippen LogP contribution in [0.3, 0.4) is 0 Å². The number of piperazine rings is 1. The number of allylic oxidation sites excluding steroid dienone is 1. The molecule has 7 heteroatoms. The van der Waals surface area contributed by atoms with Gasteiger partial charge in [-0.15, -0.1) is 0 Å². The van der Waals surface area contributed by atoms with Crippen LogP contribution in [0.2, 0.25) is 0 Å². The van der Waals surface area contributed by atoms with Gasteiger partial charge >= 0.3 is 0 Å². The molecule has 1 fully saturated rings. The summed E-state index contributed by atoms with van der Waals surface area (Å²) in [4.78, 5) is 34.0. The monoisotopic (exact) mass is 524 g/mol. The van der Waals surface area contributed by atoms with E-state index in [4.69, 9.17) is 4.42 Å². The number of furan rings is 1. The van der Waals surface area contributed by atoms with Gasteiger partial charge in [-0.3, -0.25) is 9.59 Å². The molecule has 1 unspecified atom stereocenters. The van der Waals surface area contributed by atoms with Crippen molar-refractivity contribution >= 4 is 28.8 Å². The second-order valence-corrected chi connectivity index (χ2v) is 11.7. The van der Waals surface area contributed by atoms with Gasteiger partial charge in [-0.1, -0.05) is 44.2 Å². The van der Waals surface area contributed by atoms with Crippen LogP contribution in [0.5, 0.6) is 0 Å². The standard InChI is InChI=1S/C32H36N4O3/c1-22-13-14-28(39-22)31-30-25(19-32(2,3)20-27(30)37)33-24-11-7-8-12-26(24)36(31)21-29(38)35-17-15-34(16-18-35)23-9-5-4-6-10-23/h4-14,31,33H,15-21H2,1-3H3. The summed E-state index contributed by atoms with van der Waals surface area (Å²) in [5.74, 6) is 1.63. The van der Waals surface area contributed by atoms with Gasteiger partial charge in [0.05, 0.1) is 17.9 Å². The first kappa shape index (κ1) is 25.3. The molecule has 1 saturated heterocycles. The number of rotatable bonds is 4. The largest absolute Gasteiger partial charge is 0.464 e. The average molecular weight is 525 g/mol. The van der Waals surface area contributed by atoms with Gasteiger partial charge in [-0.25, -0.2) is 0 Å². The number of nitrogens with one attached hydrogen (secondary N) is 1. The molecule has 1 aromatic heterocycles. The zero-order chi connectivity index (χ0) is 27.1. The van der Waals surface area contributed by atoms with E-state index in [1.165, 1.54) is 5.69 Å². The molecule has 0 radical (unpaired) electrons. The number of ketones is 1. The van der Waals surface area contributed by atoms with E-state index in [2.05, 4.69) is 41.1 Å². The molecule has 1 amide bonds. The van der Waals surface area contributed by atoms with Crippen LogP contribution in [0.1, 0.15) is 44.3 Å². The fourth-order valence-corrected chi connectivity index (χ4v) is 6.22. The van der Waals surface area contributed by atoms with Crippen molar-refractivity contribution in [2.75, 3.05) is 47.8 Å². The van der Waals surface area contributed by atoms with E-state index in [-0.39, 0.29) is 23.7 Å². The summed E-state index contributed by atoms with van der Waals surface area (Å²) in [6.45, 7) is 9.23. The summed E-state index contributed by atoms with van der Waals surface area (Å²) in [7, 11) is 0. The maximum atomic E-state index is 13.9. The number of amides is 1. The minimum atomic E-state index is -0.483. The Morgan fingerprint density at radius 3 is 2.38 bits per heavy atom. The lowest BCUT2D eigenvalue weighted by molar-refractivity contribution is -0.130.